The zero-order valence-corrected chi connectivity index (χ0v) is 33.6. The number of hydrogen-bond donors (Lipinski definition) is 0. The van der Waals surface area contributed by atoms with E-state index in [1.165, 1.54) is 22.3 Å². The first-order valence-electron chi connectivity index (χ1n) is 21.0. The molecule has 2 aliphatic rings. The number of benzene rings is 8. The van der Waals surface area contributed by atoms with Crippen molar-refractivity contribution >= 4 is 0 Å². The number of fused-ring (bicyclic) bond motifs is 9. The van der Waals surface area contributed by atoms with Crippen molar-refractivity contribution in [2.24, 2.45) is 0 Å². The lowest BCUT2D eigenvalue weighted by Crippen LogP contribution is -2.32. The van der Waals surface area contributed by atoms with Gasteiger partial charge >= 0.3 is 0 Å². The highest BCUT2D eigenvalue weighted by Gasteiger charge is 2.51. The van der Waals surface area contributed by atoms with Gasteiger partial charge in [-0.1, -0.05) is 182 Å². The SMILES string of the molecule is c1ccc(-c2cc(-c3ccc(-c4nc(-c5ccccc5)cc(-c5ccc6c(c5)C5(c7ccccc7O6)c6ccccc6-c6ccccc65)n4)cc3)cc(-c3ccccc3)n2)cc1. The number of hydrogen-bond acceptors (Lipinski definition) is 4. The van der Waals surface area contributed by atoms with Gasteiger partial charge in [-0.25, -0.2) is 15.0 Å². The molecule has 3 heterocycles. The molecule has 0 fully saturated rings. The topological polar surface area (TPSA) is 47.9 Å². The van der Waals surface area contributed by atoms with Gasteiger partial charge in [-0.3, -0.25) is 0 Å². The first kappa shape index (κ1) is 35.7. The standard InChI is InChI=1S/C58H37N3O/c1-4-16-39(17-5-1)51-35-44(36-52(59-51)40-18-6-2-7-19-40)38-28-30-42(31-29-38)57-60-53(41-20-8-3-9-21-41)37-54(61-57)43-32-33-56-50(34-43)58(49-26-14-15-27-55(49)62-56)47-24-12-10-22-45(47)46-23-11-13-25-48(46)58/h1-37H. The molecule has 10 aromatic rings. The Labute approximate surface area is 360 Å². The van der Waals surface area contributed by atoms with Crippen molar-refractivity contribution in [3.05, 3.63) is 247 Å². The summed E-state index contributed by atoms with van der Waals surface area (Å²) in [5.74, 6) is 2.37. The highest BCUT2D eigenvalue weighted by molar-refractivity contribution is 5.89. The maximum Gasteiger partial charge on any atom is 0.160 e. The van der Waals surface area contributed by atoms with Gasteiger partial charge in [0.1, 0.15) is 11.5 Å². The van der Waals surface area contributed by atoms with E-state index in [1.54, 1.807) is 0 Å². The second-order valence-electron chi connectivity index (χ2n) is 15.9. The van der Waals surface area contributed by atoms with E-state index < -0.39 is 5.41 Å². The van der Waals surface area contributed by atoms with Crippen LogP contribution in [0, 0.1) is 0 Å². The Kier molecular flexibility index (Phi) is 8.36. The van der Waals surface area contributed by atoms with Crippen molar-refractivity contribution in [1.82, 2.24) is 15.0 Å². The zero-order valence-electron chi connectivity index (χ0n) is 33.6. The lowest BCUT2D eigenvalue weighted by molar-refractivity contribution is 0.436. The quantitative estimate of drug-likeness (QED) is 0.168. The van der Waals surface area contributed by atoms with Crippen LogP contribution in [0.1, 0.15) is 22.3 Å². The molecule has 0 amide bonds. The van der Waals surface area contributed by atoms with Crippen LogP contribution in [0.4, 0.5) is 0 Å². The number of nitrogens with zero attached hydrogens (tertiary/aromatic N) is 3. The van der Waals surface area contributed by atoms with Crippen LogP contribution in [0.25, 0.3) is 78.7 Å². The Morgan fingerprint density at radius 1 is 0.274 bits per heavy atom. The number of pyridine rings is 1. The van der Waals surface area contributed by atoms with Crippen molar-refractivity contribution < 1.29 is 4.74 Å². The van der Waals surface area contributed by atoms with Crippen molar-refractivity contribution in [2.75, 3.05) is 0 Å². The lowest BCUT2D eigenvalue weighted by Gasteiger charge is -2.39. The lowest BCUT2D eigenvalue weighted by atomic mass is 9.66. The van der Waals surface area contributed by atoms with E-state index in [0.29, 0.717) is 5.82 Å². The molecule has 0 bridgehead atoms. The Hall–Kier alpha value is -8.21. The first-order chi connectivity index (χ1) is 30.7. The first-order valence-corrected chi connectivity index (χ1v) is 21.0. The molecule has 0 N–H and O–H groups in total. The molecule has 0 atom stereocenters. The van der Waals surface area contributed by atoms with Gasteiger partial charge in [-0.15, -0.1) is 0 Å². The van der Waals surface area contributed by atoms with Gasteiger partial charge in [0.05, 0.1) is 28.2 Å². The average molecular weight is 792 g/mol. The number of aromatic nitrogens is 3. The third-order valence-corrected chi connectivity index (χ3v) is 12.4. The van der Waals surface area contributed by atoms with Crippen LogP contribution < -0.4 is 4.74 Å². The molecule has 4 heteroatoms. The molecule has 8 aromatic carbocycles. The van der Waals surface area contributed by atoms with Crippen molar-refractivity contribution in [3.63, 3.8) is 0 Å². The molecule has 1 aliphatic heterocycles. The fourth-order valence-electron chi connectivity index (χ4n) is 9.52. The highest BCUT2D eigenvalue weighted by Crippen LogP contribution is 2.62. The predicted octanol–water partition coefficient (Wildman–Crippen LogP) is 14.3. The summed E-state index contributed by atoms with van der Waals surface area (Å²) in [6.45, 7) is 0. The molecule has 12 rings (SSSR count). The monoisotopic (exact) mass is 791 g/mol. The smallest absolute Gasteiger partial charge is 0.160 e. The maximum absolute atomic E-state index is 6.75. The average Bonchev–Trinajstić information content (AvgIpc) is 3.65. The van der Waals surface area contributed by atoms with Crippen LogP contribution in [-0.4, -0.2) is 15.0 Å². The van der Waals surface area contributed by atoms with Crippen molar-refractivity contribution in [3.8, 4) is 90.2 Å². The summed E-state index contributed by atoms with van der Waals surface area (Å²) < 4.78 is 6.75. The number of para-hydroxylation sites is 1. The molecule has 0 saturated carbocycles. The van der Waals surface area contributed by atoms with Crippen LogP contribution in [0.3, 0.4) is 0 Å². The molecule has 0 saturated heterocycles. The van der Waals surface area contributed by atoms with Crippen LogP contribution in [0.2, 0.25) is 0 Å². The zero-order chi connectivity index (χ0) is 41.0. The van der Waals surface area contributed by atoms with Gasteiger partial charge in [0.2, 0.25) is 0 Å². The van der Waals surface area contributed by atoms with E-state index in [0.717, 1.165) is 84.3 Å². The molecular weight excluding hydrogens is 755 g/mol. The fraction of sp³-hybridized carbons (Fsp3) is 0.0172. The molecule has 0 radical (unpaired) electrons. The van der Waals surface area contributed by atoms with Crippen LogP contribution in [-0.2, 0) is 5.41 Å². The summed E-state index contributed by atoms with van der Waals surface area (Å²) in [6, 6.07) is 78.8. The molecule has 4 nitrogen and oxygen atoms in total. The molecule has 290 valence electrons. The third kappa shape index (κ3) is 5.80. The molecule has 1 aliphatic carbocycles. The Balaban J connectivity index is 1.000. The molecule has 1 spiro atoms. The summed E-state index contributed by atoms with van der Waals surface area (Å²) >= 11 is 0. The van der Waals surface area contributed by atoms with E-state index in [4.69, 9.17) is 19.7 Å². The van der Waals surface area contributed by atoms with E-state index in [1.807, 2.05) is 18.2 Å². The van der Waals surface area contributed by atoms with Gasteiger partial charge in [0.15, 0.2) is 5.82 Å². The molecule has 0 unspecified atom stereocenters. The summed E-state index contributed by atoms with van der Waals surface area (Å²) in [5, 5.41) is 0. The minimum Gasteiger partial charge on any atom is -0.457 e. The molecule has 62 heavy (non-hydrogen) atoms. The van der Waals surface area contributed by atoms with Gasteiger partial charge in [-0.2, -0.15) is 0 Å². The summed E-state index contributed by atoms with van der Waals surface area (Å²) in [6.07, 6.45) is 0. The van der Waals surface area contributed by atoms with Gasteiger partial charge in [0.25, 0.3) is 0 Å². The number of rotatable bonds is 6. The summed E-state index contributed by atoms with van der Waals surface area (Å²) in [5.41, 5.74) is 17.5. The predicted molar refractivity (Wildman–Crippen MR) is 250 cm³/mol. The van der Waals surface area contributed by atoms with Crippen LogP contribution in [0.5, 0.6) is 11.5 Å². The molecule has 2 aromatic heterocycles. The van der Waals surface area contributed by atoms with Gasteiger partial charge in [0, 0.05) is 38.9 Å². The normalized spacial score (nSPS) is 12.8. The highest BCUT2D eigenvalue weighted by atomic mass is 16.5. The minimum absolute atomic E-state index is 0.574. The minimum atomic E-state index is -0.574. The maximum atomic E-state index is 6.75. The summed E-state index contributed by atoms with van der Waals surface area (Å²) in [7, 11) is 0. The van der Waals surface area contributed by atoms with Crippen molar-refractivity contribution in [1.29, 1.82) is 0 Å². The van der Waals surface area contributed by atoms with Crippen LogP contribution in [0.15, 0.2) is 224 Å². The second kappa shape index (κ2) is 14.5. The Morgan fingerprint density at radius 3 is 1.29 bits per heavy atom. The third-order valence-electron chi connectivity index (χ3n) is 12.4. The van der Waals surface area contributed by atoms with Gasteiger partial charge in [-0.05, 0) is 75.8 Å². The fourth-order valence-corrected chi connectivity index (χ4v) is 9.52. The second-order valence-corrected chi connectivity index (χ2v) is 15.9. The Morgan fingerprint density at radius 2 is 0.710 bits per heavy atom. The van der Waals surface area contributed by atoms with E-state index in [2.05, 4.69) is 206 Å². The summed E-state index contributed by atoms with van der Waals surface area (Å²) in [4.78, 5) is 15.7. The Bertz CT molecular complexity index is 3210. The van der Waals surface area contributed by atoms with Crippen molar-refractivity contribution in [2.45, 2.75) is 5.41 Å². The van der Waals surface area contributed by atoms with E-state index >= 15 is 0 Å². The number of ether oxygens (including phenoxy) is 1. The van der Waals surface area contributed by atoms with E-state index in [-0.39, 0.29) is 0 Å². The van der Waals surface area contributed by atoms with Crippen LogP contribution >= 0.6 is 0 Å². The van der Waals surface area contributed by atoms with E-state index in [9.17, 15) is 0 Å². The van der Waals surface area contributed by atoms with Gasteiger partial charge < -0.3 is 4.74 Å². The largest absolute Gasteiger partial charge is 0.457 e. The molecular formula is C58H37N3O.